The number of nitrogens with two attached hydrogens (primary N) is 1. The van der Waals surface area contributed by atoms with Gasteiger partial charge in [-0.25, -0.2) is 0 Å². The van der Waals surface area contributed by atoms with Crippen molar-refractivity contribution < 1.29 is 0 Å². The lowest BCUT2D eigenvalue weighted by Crippen LogP contribution is -2.12. The van der Waals surface area contributed by atoms with Gasteiger partial charge >= 0.3 is 0 Å². The van der Waals surface area contributed by atoms with Gasteiger partial charge in [0, 0.05) is 18.0 Å². The van der Waals surface area contributed by atoms with E-state index in [1.165, 1.54) is 6.21 Å². The molecule has 0 spiro atoms. The van der Waals surface area contributed by atoms with Gasteiger partial charge in [0.2, 0.25) is 0 Å². The van der Waals surface area contributed by atoms with Crippen LogP contribution in [0, 0.1) is 5.41 Å². The Morgan fingerprint density at radius 2 is 2.46 bits per heavy atom. The maximum Gasteiger partial charge on any atom is 0.105 e. The lowest BCUT2D eigenvalue weighted by molar-refractivity contribution is 1.23. The van der Waals surface area contributed by atoms with E-state index in [2.05, 4.69) is 10.3 Å². The molecule has 13 heavy (non-hydrogen) atoms. The number of rotatable bonds is 3. The van der Waals surface area contributed by atoms with Crippen molar-refractivity contribution in [2.45, 2.75) is 6.92 Å². The zero-order valence-corrected chi connectivity index (χ0v) is 7.41. The molecule has 0 saturated heterocycles. The summed E-state index contributed by atoms with van der Waals surface area (Å²) < 4.78 is 0. The van der Waals surface area contributed by atoms with Crippen LogP contribution in [0.25, 0.3) is 0 Å². The fourth-order valence-electron chi connectivity index (χ4n) is 0.769. The Balaban J connectivity index is 2.76. The number of nitrogens with zero attached hydrogens (tertiary/aromatic N) is 1. The fourth-order valence-corrected chi connectivity index (χ4v) is 0.769. The van der Waals surface area contributed by atoms with Crippen molar-refractivity contribution in [3.8, 4) is 0 Å². The number of nitrogens with one attached hydrogen (secondary N) is 2. The Labute approximate surface area is 77.0 Å². The van der Waals surface area contributed by atoms with Crippen LogP contribution in [0.2, 0.25) is 0 Å². The summed E-state index contributed by atoms with van der Waals surface area (Å²) in [6.07, 6.45) is 4.57. The lowest BCUT2D eigenvalue weighted by Gasteiger charge is -2.06. The molecule has 0 atom stereocenters. The molecule has 0 aliphatic heterocycles. The molecule has 4 nitrogen and oxygen atoms in total. The number of pyridine rings is 1. The van der Waals surface area contributed by atoms with Gasteiger partial charge in [-0.3, -0.25) is 4.98 Å². The van der Waals surface area contributed by atoms with Crippen molar-refractivity contribution in [2.75, 3.05) is 5.32 Å². The summed E-state index contributed by atoms with van der Waals surface area (Å²) in [5.74, 6) is 0.475. The van der Waals surface area contributed by atoms with Crippen molar-refractivity contribution in [3.05, 3.63) is 35.9 Å². The summed E-state index contributed by atoms with van der Waals surface area (Å²) in [7, 11) is 0. The Morgan fingerprint density at radius 3 is 3.00 bits per heavy atom. The Bertz CT molecular complexity index is 316. The quantitative estimate of drug-likeness (QED) is 0.608. The topological polar surface area (TPSA) is 74.8 Å². The molecule has 1 heterocycles. The molecule has 0 aliphatic carbocycles. The van der Waals surface area contributed by atoms with Gasteiger partial charge < -0.3 is 16.5 Å². The normalized spacial score (nSPS) is 11.8. The highest BCUT2D eigenvalue weighted by Crippen LogP contribution is 2.05. The van der Waals surface area contributed by atoms with E-state index in [1.54, 1.807) is 19.3 Å². The van der Waals surface area contributed by atoms with Gasteiger partial charge in [0.25, 0.3) is 0 Å². The van der Waals surface area contributed by atoms with E-state index in [4.69, 9.17) is 11.1 Å². The van der Waals surface area contributed by atoms with Crippen LogP contribution < -0.4 is 11.1 Å². The van der Waals surface area contributed by atoms with Crippen LogP contribution in [0.1, 0.15) is 6.92 Å². The smallest absolute Gasteiger partial charge is 0.105 e. The third kappa shape index (κ3) is 2.59. The second-order valence-electron chi connectivity index (χ2n) is 2.61. The van der Waals surface area contributed by atoms with Crippen LogP contribution in [0.5, 0.6) is 0 Å². The summed E-state index contributed by atoms with van der Waals surface area (Å²) in [6.45, 7) is 1.77. The van der Waals surface area contributed by atoms with Crippen LogP contribution in [0.3, 0.4) is 0 Å². The molecular weight excluding hydrogens is 164 g/mol. The van der Waals surface area contributed by atoms with E-state index in [9.17, 15) is 0 Å². The van der Waals surface area contributed by atoms with Crippen molar-refractivity contribution in [2.24, 2.45) is 5.73 Å². The van der Waals surface area contributed by atoms with Crippen molar-refractivity contribution in [1.82, 2.24) is 4.98 Å². The highest BCUT2D eigenvalue weighted by Gasteiger charge is 1.95. The second-order valence-corrected chi connectivity index (χ2v) is 2.61. The van der Waals surface area contributed by atoms with Crippen molar-refractivity contribution in [3.63, 3.8) is 0 Å². The van der Waals surface area contributed by atoms with E-state index in [0.29, 0.717) is 11.4 Å². The molecular formula is C9H12N4. The molecule has 0 aromatic carbocycles. The minimum Gasteiger partial charge on any atom is -0.385 e. The van der Waals surface area contributed by atoms with E-state index < -0.39 is 0 Å². The predicted octanol–water partition coefficient (Wildman–Crippen LogP) is 1.33. The number of aromatic nitrogens is 1. The first-order valence-corrected chi connectivity index (χ1v) is 3.88. The highest BCUT2D eigenvalue weighted by atomic mass is 15.0. The molecule has 0 amide bonds. The van der Waals surface area contributed by atoms with Crippen LogP contribution in [0.15, 0.2) is 35.9 Å². The molecule has 1 aromatic heterocycles. The number of hydrogen-bond acceptors (Lipinski definition) is 4. The third-order valence-corrected chi connectivity index (χ3v) is 1.58. The molecule has 1 aromatic rings. The number of anilines is 1. The van der Waals surface area contributed by atoms with E-state index in [1.807, 2.05) is 12.1 Å². The SMILES string of the molecule is C/C(C=N)=C(/N)Nc1cccnc1. The summed E-state index contributed by atoms with van der Waals surface area (Å²) in [5.41, 5.74) is 7.17. The minimum absolute atomic E-state index is 0.475. The van der Waals surface area contributed by atoms with Crippen molar-refractivity contribution >= 4 is 11.9 Å². The number of allylic oxidation sites excluding steroid dienone is 1. The summed E-state index contributed by atoms with van der Waals surface area (Å²) in [4.78, 5) is 3.93. The van der Waals surface area contributed by atoms with Gasteiger partial charge in [0.15, 0.2) is 0 Å². The fraction of sp³-hybridized carbons (Fsp3) is 0.111. The lowest BCUT2D eigenvalue weighted by atomic mass is 10.3. The summed E-state index contributed by atoms with van der Waals surface area (Å²) in [5, 5.41) is 9.92. The molecule has 0 unspecified atom stereocenters. The highest BCUT2D eigenvalue weighted by molar-refractivity contribution is 5.76. The summed E-state index contributed by atoms with van der Waals surface area (Å²) in [6, 6.07) is 3.67. The molecule has 0 bridgehead atoms. The van der Waals surface area contributed by atoms with E-state index in [0.717, 1.165) is 5.69 Å². The first kappa shape index (κ1) is 9.25. The monoisotopic (exact) mass is 176 g/mol. The van der Waals surface area contributed by atoms with E-state index in [-0.39, 0.29) is 0 Å². The largest absolute Gasteiger partial charge is 0.385 e. The van der Waals surface area contributed by atoms with Crippen LogP contribution in [0.4, 0.5) is 5.69 Å². The molecule has 1 rings (SSSR count). The van der Waals surface area contributed by atoms with E-state index >= 15 is 0 Å². The molecule has 0 saturated carbocycles. The Kier molecular flexibility index (Phi) is 3.03. The van der Waals surface area contributed by atoms with Gasteiger partial charge in [-0.15, -0.1) is 0 Å². The van der Waals surface area contributed by atoms with Crippen molar-refractivity contribution in [1.29, 1.82) is 5.41 Å². The zero-order chi connectivity index (χ0) is 9.68. The molecule has 4 heteroatoms. The molecule has 0 fully saturated rings. The summed E-state index contributed by atoms with van der Waals surface area (Å²) >= 11 is 0. The second kappa shape index (κ2) is 4.25. The van der Waals surface area contributed by atoms with Gasteiger partial charge in [-0.1, -0.05) is 0 Å². The third-order valence-electron chi connectivity index (χ3n) is 1.58. The first-order valence-electron chi connectivity index (χ1n) is 3.88. The van der Waals surface area contributed by atoms with Gasteiger partial charge in [-0.05, 0) is 19.1 Å². The van der Waals surface area contributed by atoms with Gasteiger partial charge in [0.05, 0.1) is 11.9 Å². The zero-order valence-electron chi connectivity index (χ0n) is 7.41. The standard InChI is InChI=1S/C9H12N4/c1-7(5-10)9(11)13-8-3-2-4-12-6-8/h2-6,10,13H,11H2,1H3/b9-7+,10-5?. The minimum atomic E-state index is 0.475. The molecule has 4 N–H and O–H groups in total. The van der Waals surface area contributed by atoms with Crippen LogP contribution in [-0.2, 0) is 0 Å². The average Bonchev–Trinajstić information content (AvgIpc) is 2.18. The molecule has 68 valence electrons. The van der Waals surface area contributed by atoms with Gasteiger partial charge in [0.1, 0.15) is 5.82 Å². The maximum atomic E-state index is 6.99. The molecule has 0 radical (unpaired) electrons. The maximum absolute atomic E-state index is 6.99. The Morgan fingerprint density at radius 1 is 1.69 bits per heavy atom. The number of hydrogen-bond donors (Lipinski definition) is 3. The average molecular weight is 176 g/mol. The van der Waals surface area contributed by atoms with Gasteiger partial charge in [-0.2, -0.15) is 0 Å². The Hall–Kier alpha value is -1.84. The molecule has 0 aliphatic rings. The predicted molar refractivity (Wildman–Crippen MR) is 53.5 cm³/mol. The first-order chi connectivity index (χ1) is 6.24. The van der Waals surface area contributed by atoms with Crippen LogP contribution in [-0.4, -0.2) is 11.2 Å². The van der Waals surface area contributed by atoms with Crippen LogP contribution >= 0.6 is 0 Å².